The molecule has 0 saturated carbocycles. The van der Waals surface area contributed by atoms with Crippen molar-refractivity contribution >= 4 is 18.0 Å². The van der Waals surface area contributed by atoms with Gasteiger partial charge in [0.25, 0.3) is 0 Å². The molecule has 1 atom stereocenters. The predicted molar refractivity (Wildman–Crippen MR) is 82.9 cm³/mol. The third-order valence-corrected chi connectivity index (χ3v) is 3.13. The summed E-state index contributed by atoms with van der Waals surface area (Å²) >= 11 is 0. The van der Waals surface area contributed by atoms with Gasteiger partial charge < -0.3 is 14.9 Å². The minimum absolute atomic E-state index is 0.0362. The Morgan fingerprint density at radius 2 is 2.00 bits per heavy atom. The van der Waals surface area contributed by atoms with Crippen molar-refractivity contribution in [3.8, 4) is 0 Å². The number of nitrogens with zero attached hydrogens (tertiary/aromatic N) is 1. The van der Waals surface area contributed by atoms with Crippen LogP contribution >= 0.6 is 0 Å². The molecule has 0 fully saturated rings. The van der Waals surface area contributed by atoms with Gasteiger partial charge in [0.15, 0.2) is 11.8 Å². The molecular weight excluding hydrogens is 286 g/mol. The molecule has 0 aromatic heterocycles. The standard InChI is InChI=1S/C16H25NO5/c1-15(2,3)22-14(21)11(9-18)17-8-10-12(19)6-16(4,5)7-13(10)20/h8,11,18-19H,6-7,9H2,1-5H3/t11-/m0/s1. The van der Waals surface area contributed by atoms with Crippen LogP contribution in [0, 0.1) is 5.41 Å². The number of aliphatic hydroxyl groups excluding tert-OH is 2. The first-order chi connectivity index (χ1) is 9.95. The van der Waals surface area contributed by atoms with Crippen molar-refractivity contribution in [2.75, 3.05) is 6.61 Å². The lowest BCUT2D eigenvalue weighted by Gasteiger charge is -2.28. The van der Waals surface area contributed by atoms with E-state index in [1.807, 2.05) is 13.8 Å². The third kappa shape index (κ3) is 5.26. The SMILES string of the molecule is CC1(C)CC(=O)C(C=N[C@@H](CO)C(=O)OC(C)(C)C)=C(O)C1. The first kappa shape index (κ1) is 18.4. The molecular formula is C16H25NO5. The summed E-state index contributed by atoms with van der Waals surface area (Å²) in [7, 11) is 0. The van der Waals surface area contributed by atoms with Gasteiger partial charge in [0, 0.05) is 19.1 Å². The predicted octanol–water partition coefficient (Wildman–Crippen LogP) is 1.96. The highest BCUT2D eigenvalue weighted by molar-refractivity contribution is 6.14. The van der Waals surface area contributed by atoms with Crippen LogP contribution in [0.25, 0.3) is 0 Å². The Morgan fingerprint density at radius 3 is 2.45 bits per heavy atom. The van der Waals surface area contributed by atoms with Crippen molar-refractivity contribution in [2.24, 2.45) is 10.4 Å². The molecule has 0 bridgehead atoms. The zero-order valence-electron chi connectivity index (χ0n) is 13.8. The van der Waals surface area contributed by atoms with Crippen LogP contribution in [0.1, 0.15) is 47.5 Å². The van der Waals surface area contributed by atoms with Crippen LogP contribution in [0.5, 0.6) is 0 Å². The lowest BCUT2D eigenvalue weighted by molar-refractivity contribution is -0.157. The van der Waals surface area contributed by atoms with E-state index in [-0.39, 0.29) is 22.5 Å². The van der Waals surface area contributed by atoms with Crippen LogP contribution in [-0.2, 0) is 14.3 Å². The maximum absolute atomic E-state index is 12.0. The molecule has 124 valence electrons. The summed E-state index contributed by atoms with van der Waals surface area (Å²) in [4.78, 5) is 27.8. The second-order valence-corrected chi connectivity index (χ2v) is 7.31. The smallest absolute Gasteiger partial charge is 0.333 e. The lowest BCUT2D eigenvalue weighted by atomic mass is 9.77. The van der Waals surface area contributed by atoms with Crippen LogP contribution in [0.2, 0.25) is 0 Å². The van der Waals surface area contributed by atoms with Crippen molar-refractivity contribution in [1.29, 1.82) is 0 Å². The van der Waals surface area contributed by atoms with Crippen LogP contribution < -0.4 is 0 Å². The molecule has 1 aliphatic carbocycles. The highest BCUT2D eigenvalue weighted by atomic mass is 16.6. The fourth-order valence-electron chi connectivity index (χ4n) is 2.17. The van der Waals surface area contributed by atoms with E-state index in [0.29, 0.717) is 12.8 Å². The number of aliphatic hydroxyl groups is 2. The average Bonchev–Trinajstić information content (AvgIpc) is 2.28. The number of carbonyl (C=O) groups is 2. The normalized spacial score (nSPS) is 20.4. The van der Waals surface area contributed by atoms with E-state index < -0.39 is 24.2 Å². The number of hydrogen-bond acceptors (Lipinski definition) is 6. The number of Topliss-reactive ketones (excluding diaryl/α,β-unsaturated/α-hetero) is 1. The first-order valence-electron chi connectivity index (χ1n) is 7.27. The van der Waals surface area contributed by atoms with Gasteiger partial charge in [-0.05, 0) is 26.2 Å². The minimum Gasteiger partial charge on any atom is -0.511 e. The van der Waals surface area contributed by atoms with Gasteiger partial charge in [-0.3, -0.25) is 9.79 Å². The van der Waals surface area contributed by atoms with Crippen LogP contribution in [0.15, 0.2) is 16.3 Å². The molecule has 6 heteroatoms. The van der Waals surface area contributed by atoms with Crippen molar-refractivity contribution in [3.63, 3.8) is 0 Å². The van der Waals surface area contributed by atoms with Crippen molar-refractivity contribution in [2.45, 2.75) is 59.1 Å². The average molecular weight is 311 g/mol. The van der Waals surface area contributed by atoms with Gasteiger partial charge in [0.2, 0.25) is 0 Å². The zero-order chi connectivity index (χ0) is 17.1. The number of ether oxygens (including phenoxy) is 1. The molecule has 0 aromatic carbocycles. The van der Waals surface area contributed by atoms with Crippen LogP contribution in [0.3, 0.4) is 0 Å². The largest absolute Gasteiger partial charge is 0.511 e. The summed E-state index contributed by atoms with van der Waals surface area (Å²) < 4.78 is 5.14. The zero-order valence-corrected chi connectivity index (χ0v) is 13.8. The van der Waals surface area contributed by atoms with E-state index >= 15 is 0 Å². The van der Waals surface area contributed by atoms with E-state index in [2.05, 4.69) is 4.99 Å². The van der Waals surface area contributed by atoms with Crippen molar-refractivity contribution in [1.82, 2.24) is 0 Å². The molecule has 0 heterocycles. The monoisotopic (exact) mass is 311 g/mol. The second-order valence-electron chi connectivity index (χ2n) is 7.31. The van der Waals surface area contributed by atoms with Gasteiger partial charge in [0.1, 0.15) is 11.4 Å². The summed E-state index contributed by atoms with van der Waals surface area (Å²) in [6.07, 6.45) is 1.84. The van der Waals surface area contributed by atoms with Crippen LogP contribution in [0.4, 0.5) is 0 Å². The van der Waals surface area contributed by atoms with Crippen LogP contribution in [-0.4, -0.2) is 46.4 Å². The second kappa shape index (κ2) is 6.60. The van der Waals surface area contributed by atoms with Gasteiger partial charge in [-0.15, -0.1) is 0 Å². The molecule has 0 radical (unpaired) electrons. The molecule has 0 unspecified atom stereocenters. The molecule has 0 saturated heterocycles. The fourth-order valence-corrected chi connectivity index (χ4v) is 2.17. The topological polar surface area (TPSA) is 96.2 Å². The number of esters is 1. The fraction of sp³-hybridized carbons (Fsp3) is 0.688. The summed E-state index contributed by atoms with van der Waals surface area (Å²) in [5.74, 6) is -0.931. The van der Waals surface area contributed by atoms with Gasteiger partial charge in [-0.2, -0.15) is 0 Å². The number of allylic oxidation sites excluding steroid dienone is 2. The molecule has 0 aromatic rings. The van der Waals surface area contributed by atoms with Gasteiger partial charge in [-0.1, -0.05) is 13.8 Å². The van der Waals surface area contributed by atoms with Crippen molar-refractivity contribution < 1.29 is 24.5 Å². The van der Waals surface area contributed by atoms with E-state index in [4.69, 9.17) is 4.74 Å². The Hall–Kier alpha value is -1.69. The summed E-state index contributed by atoms with van der Waals surface area (Å²) in [5.41, 5.74) is -0.882. The first-order valence-corrected chi connectivity index (χ1v) is 7.27. The third-order valence-electron chi connectivity index (χ3n) is 3.13. The maximum atomic E-state index is 12.0. The number of aliphatic imine (C=N–C) groups is 1. The summed E-state index contributed by atoms with van der Waals surface area (Å²) in [6.45, 7) is 8.40. The number of carbonyl (C=O) groups excluding carboxylic acids is 2. The quantitative estimate of drug-likeness (QED) is 0.611. The molecule has 2 N–H and O–H groups in total. The van der Waals surface area contributed by atoms with E-state index in [0.717, 1.165) is 6.21 Å². The van der Waals surface area contributed by atoms with Crippen molar-refractivity contribution in [3.05, 3.63) is 11.3 Å². The maximum Gasteiger partial charge on any atom is 0.333 e. The molecule has 0 amide bonds. The molecule has 22 heavy (non-hydrogen) atoms. The lowest BCUT2D eigenvalue weighted by Crippen LogP contribution is -2.33. The molecule has 0 spiro atoms. The molecule has 6 nitrogen and oxygen atoms in total. The van der Waals surface area contributed by atoms with E-state index in [9.17, 15) is 19.8 Å². The van der Waals surface area contributed by atoms with E-state index in [1.54, 1.807) is 20.8 Å². The number of rotatable bonds is 4. The summed E-state index contributed by atoms with van der Waals surface area (Å²) in [6, 6.07) is -1.11. The van der Waals surface area contributed by atoms with Gasteiger partial charge in [0.05, 0.1) is 12.2 Å². The molecule has 0 aliphatic heterocycles. The highest BCUT2D eigenvalue weighted by Crippen LogP contribution is 2.35. The Balaban J connectivity index is 2.89. The number of ketones is 1. The minimum atomic E-state index is -1.11. The Labute approximate surface area is 130 Å². The molecule has 1 rings (SSSR count). The Morgan fingerprint density at radius 1 is 1.41 bits per heavy atom. The Kier molecular flexibility index (Phi) is 5.51. The van der Waals surface area contributed by atoms with E-state index in [1.165, 1.54) is 0 Å². The summed E-state index contributed by atoms with van der Waals surface area (Å²) in [5, 5.41) is 19.2. The highest BCUT2D eigenvalue weighted by Gasteiger charge is 2.32. The molecule has 1 aliphatic rings. The van der Waals surface area contributed by atoms with Gasteiger partial charge >= 0.3 is 5.97 Å². The van der Waals surface area contributed by atoms with Gasteiger partial charge in [-0.25, -0.2) is 4.79 Å². The number of hydrogen-bond donors (Lipinski definition) is 2. The Bertz CT molecular complexity index is 511.